The Morgan fingerprint density at radius 2 is 2.11 bits per heavy atom. The first-order chi connectivity index (χ1) is 12.7. The number of aliphatic carboxylic acids is 1. The van der Waals surface area contributed by atoms with E-state index in [0.29, 0.717) is 24.8 Å². The van der Waals surface area contributed by atoms with Crippen LogP contribution < -0.4 is 4.74 Å². The topological polar surface area (TPSA) is 49.8 Å². The second kappa shape index (κ2) is 7.76. The van der Waals surface area contributed by atoms with Gasteiger partial charge in [0, 0.05) is 25.7 Å². The summed E-state index contributed by atoms with van der Waals surface area (Å²) in [5.41, 5.74) is 3.46. The van der Waals surface area contributed by atoms with Crippen molar-refractivity contribution >= 4 is 12.0 Å². The Hall–Kier alpha value is -2.28. The minimum Gasteiger partial charge on any atom is -0.490 e. The van der Waals surface area contributed by atoms with Gasteiger partial charge >= 0.3 is 12.1 Å². The third-order valence-electron chi connectivity index (χ3n) is 4.98. The lowest BCUT2D eigenvalue weighted by molar-refractivity contribution is -0.147. The quantitative estimate of drug-likeness (QED) is 0.762. The molecule has 0 aromatic heterocycles. The summed E-state index contributed by atoms with van der Waals surface area (Å²) < 4.78 is 41.6. The first-order valence-electron chi connectivity index (χ1n) is 8.87. The number of carbonyl (C=O) groups is 1. The molecule has 0 saturated carbocycles. The Kier molecular flexibility index (Phi) is 5.60. The lowest BCUT2D eigenvalue weighted by atomic mass is 9.83. The molecular weight excluding hydrogens is 359 g/mol. The van der Waals surface area contributed by atoms with Crippen LogP contribution in [0.15, 0.2) is 35.9 Å². The number of alkyl halides is 3. The lowest BCUT2D eigenvalue weighted by Crippen LogP contribution is -2.51. The van der Waals surface area contributed by atoms with Crippen molar-refractivity contribution in [1.29, 1.82) is 0 Å². The van der Waals surface area contributed by atoms with Gasteiger partial charge in [0.15, 0.2) is 0 Å². The van der Waals surface area contributed by atoms with E-state index in [1.165, 1.54) is 5.57 Å². The van der Waals surface area contributed by atoms with Gasteiger partial charge in [0.1, 0.15) is 12.4 Å². The van der Waals surface area contributed by atoms with Gasteiger partial charge in [-0.15, -0.1) is 0 Å². The zero-order chi connectivity index (χ0) is 19.6. The van der Waals surface area contributed by atoms with E-state index in [0.717, 1.165) is 30.2 Å². The van der Waals surface area contributed by atoms with Gasteiger partial charge in [0.2, 0.25) is 0 Å². The van der Waals surface area contributed by atoms with Crippen LogP contribution in [0, 0.1) is 11.8 Å². The molecule has 0 unspecified atom stereocenters. The van der Waals surface area contributed by atoms with E-state index in [1.54, 1.807) is 6.07 Å². The van der Waals surface area contributed by atoms with Crippen LogP contribution in [0.1, 0.15) is 18.1 Å². The molecule has 3 rings (SSSR count). The van der Waals surface area contributed by atoms with Gasteiger partial charge in [-0.25, -0.2) is 0 Å². The van der Waals surface area contributed by atoms with Crippen molar-refractivity contribution in [3.63, 3.8) is 0 Å². The summed E-state index contributed by atoms with van der Waals surface area (Å²) in [6.45, 7) is 3.94. The van der Waals surface area contributed by atoms with E-state index in [2.05, 4.69) is 17.9 Å². The number of likely N-dealkylation sites (tertiary alicyclic amines) is 1. The van der Waals surface area contributed by atoms with Crippen LogP contribution in [0.2, 0.25) is 0 Å². The summed E-state index contributed by atoms with van der Waals surface area (Å²) in [5.74, 6) is -0.124. The summed E-state index contributed by atoms with van der Waals surface area (Å²) in [7, 11) is 0. The van der Waals surface area contributed by atoms with Crippen molar-refractivity contribution in [2.45, 2.75) is 19.5 Å². The van der Waals surface area contributed by atoms with E-state index < -0.39 is 12.1 Å². The molecule has 0 bridgehead atoms. The normalized spacial score (nSPS) is 20.9. The van der Waals surface area contributed by atoms with Crippen LogP contribution in [0.5, 0.6) is 5.75 Å². The number of ether oxygens (including phenoxy) is 1. The zero-order valence-corrected chi connectivity index (χ0v) is 15.0. The molecule has 0 spiro atoms. The summed E-state index contributed by atoms with van der Waals surface area (Å²) in [6.07, 6.45) is -0.237. The summed E-state index contributed by atoms with van der Waals surface area (Å²) in [6, 6.07) is 5.55. The molecule has 0 amide bonds. The standard InChI is InChI=1S/C20H22F3NO3/c1-13-7-15-9-18(27-6-2-5-20(21,22)23)4-3-14(15)8-16(13)10-24-11-17(12-24)19(25)26/h2-5,8-9,13,17H,6-7,10-12H2,1H3,(H,25,26)/b5-2+/t13-/m0/s1. The Labute approximate surface area is 155 Å². The molecule has 4 nitrogen and oxygen atoms in total. The number of carboxylic acids is 1. The number of nitrogens with zero attached hydrogens (tertiary/aromatic N) is 1. The fourth-order valence-electron chi connectivity index (χ4n) is 3.43. The number of fused-ring (bicyclic) bond motifs is 1. The fourth-order valence-corrected chi connectivity index (χ4v) is 3.43. The minimum absolute atomic E-state index is 0.130. The van der Waals surface area contributed by atoms with Crippen molar-refractivity contribution in [3.05, 3.63) is 47.1 Å². The van der Waals surface area contributed by atoms with E-state index in [-0.39, 0.29) is 18.6 Å². The first kappa shape index (κ1) is 19.5. The van der Waals surface area contributed by atoms with Crippen LogP contribution in [0.25, 0.3) is 6.08 Å². The second-order valence-electron chi connectivity index (χ2n) is 7.17. The largest absolute Gasteiger partial charge is 0.490 e. The van der Waals surface area contributed by atoms with Gasteiger partial charge in [-0.3, -0.25) is 9.69 Å². The molecule has 1 atom stereocenters. The number of benzene rings is 1. The molecule has 1 aromatic carbocycles. The number of halogens is 3. The maximum absolute atomic E-state index is 12.1. The van der Waals surface area contributed by atoms with Crippen molar-refractivity contribution in [2.24, 2.45) is 11.8 Å². The minimum atomic E-state index is -4.32. The monoisotopic (exact) mass is 381 g/mol. The zero-order valence-electron chi connectivity index (χ0n) is 15.0. The molecule has 0 radical (unpaired) electrons. The molecule has 1 heterocycles. The Morgan fingerprint density at radius 3 is 2.78 bits per heavy atom. The summed E-state index contributed by atoms with van der Waals surface area (Å²) in [5, 5.41) is 8.97. The van der Waals surface area contributed by atoms with Crippen LogP contribution in [0.3, 0.4) is 0 Å². The van der Waals surface area contributed by atoms with Crippen LogP contribution in [0.4, 0.5) is 13.2 Å². The molecule has 1 aliphatic heterocycles. The van der Waals surface area contributed by atoms with Gasteiger partial charge in [0.25, 0.3) is 0 Å². The molecule has 1 fully saturated rings. The van der Waals surface area contributed by atoms with Crippen molar-refractivity contribution < 1.29 is 27.8 Å². The fraction of sp³-hybridized carbons (Fsp3) is 0.450. The van der Waals surface area contributed by atoms with E-state index in [1.807, 2.05) is 12.1 Å². The molecule has 1 saturated heterocycles. The van der Waals surface area contributed by atoms with Gasteiger partial charge in [-0.2, -0.15) is 13.2 Å². The highest BCUT2D eigenvalue weighted by Crippen LogP contribution is 2.32. The average molecular weight is 381 g/mol. The summed E-state index contributed by atoms with van der Waals surface area (Å²) in [4.78, 5) is 13.0. The van der Waals surface area contributed by atoms with Gasteiger partial charge in [-0.05, 0) is 41.7 Å². The Morgan fingerprint density at radius 1 is 1.37 bits per heavy atom. The molecular formula is C20H22F3NO3. The predicted octanol–water partition coefficient (Wildman–Crippen LogP) is 3.78. The molecule has 27 heavy (non-hydrogen) atoms. The number of rotatable bonds is 6. The number of allylic oxidation sites excluding steroid dienone is 1. The third kappa shape index (κ3) is 5.13. The highest BCUT2D eigenvalue weighted by Gasteiger charge is 2.33. The first-order valence-corrected chi connectivity index (χ1v) is 8.87. The SMILES string of the molecule is C[C@H]1Cc2cc(OC/C=C/C(F)(F)F)ccc2C=C1CN1CC(C(=O)O)C1. The number of hydrogen-bond acceptors (Lipinski definition) is 3. The maximum Gasteiger partial charge on any atom is 0.409 e. The van der Waals surface area contributed by atoms with Gasteiger partial charge in [-0.1, -0.05) is 24.6 Å². The molecule has 1 aromatic rings. The number of hydrogen-bond donors (Lipinski definition) is 1. The molecule has 2 aliphatic rings. The van der Waals surface area contributed by atoms with Crippen LogP contribution in [-0.2, 0) is 11.2 Å². The summed E-state index contributed by atoms with van der Waals surface area (Å²) >= 11 is 0. The lowest BCUT2D eigenvalue weighted by Gasteiger charge is -2.38. The van der Waals surface area contributed by atoms with Crippen LogP contribution in [-0.4, -0.2) is 48.4 Å². The molecule has 146 valence electrons. The smallest absolute Gasteiger partial charge is 0.409 e. The van der Waals surface area contributed by atoms with E-state index in [4.69, 9.17) is 9.84 Å². The van der Waals surface area contributed by atoms with Gasteiger partial charge in [0.05, 0.1) is 5.92 Å². The van der Waals surface area contributed by atoms with Crippen molar-refractivity contribution in [3.8, 4) is 5.75 Å². The highest BCUT2D eigenvalue weighted by atomic mass is 19.4. The number of carboxylic acid groups (broad SMARTS) is 1. The van der Waals surface area contributed by atoms with E-state index in [9.17, 15) is 18.0 Å². The van der Waals surface area contributed by atoms with Crippen molar-refractivity contribution in [1.82, 2.24) is 4.90 Å². The average Bonchev–Trinajstić information content (AvgIpc) is 2.53. The van der Waals surface area contributed by atoms with Gasteiger partial charge < -0.3 is 9.84 Å². The molecule has 1 aliphatic carbocycles. The van der Waals surface area contributed by atoms with Crippen LogP contribution >= 0.6 is 0 Å². The van der Waals surface area contributed by atoms with Crippen molar-refractivity contribution in [2.75, 3.05) is 26.2 Å². The second-order valence-corrected chi connectivity index (χ2v) is 7.17. The van der Waals surface area contributed by atoms with E-state index >= 15 is 0 Å². The Balaban J connectivity index is 1.60. The predicted molar refractivity (Wildman–Crippen MR) is 95.5 cm³/mol. The molecule has 1 N–H and O–H groups in total. The Bertz CT molecular complexity index is 764. The third-order valence-corrected chi connectivity index (χ3v) is 4.98. The molecule has 7 heteroatoms. The maximum atomic E-state index is 12.1. The highest BCUT2D eigenvalue weighted by molar-refractivity contribution is 5.71.